The van der Waals surface area contributed by atoms with E-state index in [1.165, 1.54) is 0 Å². The zero-order valence-corrected chi connectivity index (χ0v) is 8.83. The lowest BCUT2D eigenvalue weighted by atomic mass is 10.5. The first kappa shape index (κ1) is 9.76. The van der Waals surface area contributed by atoms with E-state index in [0.29, 0.717) is 25.1 Å². The first-order valence-corrected chi connectivity index (χ1v) is 6.68. The number of nitrogens with two attached hydrogens (primary N) is 1. The van der Waals surface area contributed by atoms with E-state index in [4.69, 9.17) is 5.73 Å². The maximum Gasteiger partial charge on any atom is 0.191 e. The molecule has 1 saturated heterocycles. The van der Waals surface area contributed by atoms with Gasteiger partial charge in [-0.3, -0.25) is 0 Å². The molecule has 0 aromatic rings. The predicted molar refractivity (Wildman–Crippen MR) is 54.9 cm³/mol. The summed E-state index contributed by atoms with van der Waals surface area (Å²) >= 11 is 0. The molecule has 0 amide bonds. The number of nitrogens with zero attached hydrogens (tertiary/aromatic N) is 2. The maximum atomic E-state index is 11.1. The highest BCUT2D eigenvalue weighted by atomic mass is 32.2. The third-order valence-corrected chi connectivity index (χ3v) is 4.14. The van der Waals surface area contributed by atoms with E-state index < -0.39 is 9.84 Å². The molecule has 0 radical (unpaired) electrons. The Bertz CT molecular complexity index is 332. The van der Waals surface area contributed by atoms with Gasteiger partial charge in [-0.15, -0.1) is 0 Å². The quantitative estimate of drug-likeness (QED) is 0.460. The van der Waals surface area contributed by atoms with Gasteiger partial charge in [0.25, 0.3) is 0 Å². The topological polar surface area (TPSA) is 75.8 Å². The van der Waals surface area contributed by atoms with Crippen LogP contribution in [0.25, 0.3) is 0 Å². The van der Waals surface area contributed by atoms with Crippen molar-refractivity contribution in [1.29, 1.82) is 0 Å². The highest BCUT2D eigenvalue weighted by Crippen LogP contribution is 2.23. The molecule has 0 unspecified atom stereocenters. The van der Waals surface area contributed by atoms with Crippen molar-refractivity contribution in [3.05, 3.63) is 0 Å². The summed E-state index contributed by atoms with van der Waals surface area (Å²) in [5.41, 5.74) is 5.76. The lowest BCUT2D eigenvalue weighted by Gasteiger charge is -2.27. The van der Waals surface area contributed by atoms with Crippen LogP contribution in [-0.2, 0) is 9.84 Å². The third kappa shape index (κ3) is 2.37. The normalized spacial score (nSPS) is 27.7. The molecule has 1 aliphatic carbocycles. The minimum Gasteiger partial charge on any atom is -0.370 e. The average Bonchev–Trinajstić information content (AvgIpc) is 2.88. The van der Waals surface area contributed by atoms with Gasteiger partial charge in [0.15, 0.2) is 15.8 Å². The molecule has 2 aliphatic rings. The molecule has 0 atom stereocenters. The zero-order valence-electron chi connectivity index (χ0n) is 8.02. The van der Waals surface area contributed by atoms with E-state index in [2.05, 4.69) is 4.99 Å². The molecule has 0 aromatic heterocycles. The van der Waals surface area contributed by atoms with Crippen LogP contribution in [0.1, 0.15) is 12.8 Å². The molecule has 1 aliphatic heterocycles. The van der Waals surface area contributed by atoms with Crippen LogP contribution >= 0.6 is 0 Å². The first-order chi connectivity index (χ1) is 6.57. The van der Waals surface area contributed by atoms with Crippen LogP contribution in [0.3, 0.4) is 0 Å². The summed E-state index contributed by atoms with van der Waals surface area (Å²) in [6, 6.07) is 0.397. The van der Waals surface area contributed by atoms with Gasteiger partial charge in [-0.1, -0.05) is 0 Å². The fourth-order valence-corrected chi connectivity index (χ4v) is 2.62. The van der Waals surface area contributed by atoms with E-state index >= 15 is 0 Å². The van der Waals surface area contributed by atoms with Gasteiger partial charge in [-0.05, 0) is 12.8 Å². The highest BCUT2D eigenvalue weighted by Gasteiger charge is 2.25. The van der Waals surface area contributed by atoms with Gasteiger partial charge in [0.05, 0.1) is 17.5 Å². The molecule has 2 N–H and O–H groups in total. The summed E-state index contributed by atoms with van der Waals surface area (Å²) in [7, 11) is -2.81. The fourth-order valence-electron chi connectivity index (χ4n) is 1.41. The van der Waals surface area contributed by atoms with Crippen LogP contribution in [0.5, 0.6) is 0 Å². The Morgan fingerprint density at radius 1 is 1.29 bits per heavy atom. The lowest BCUT2D eigenvalue weighted by Crippen LogP contribution is -2.47. The molecule has 2 fully saturated rings. The molecule has 14 heavy (non-hydrogen) atoms. The standard InChI is InChI=1S/C8H15N3O2S/c9-8(10-7-1-2-7)11-3-5-14(12,13)6-4-11/h7H,1-6H2,(H2,9,10). The van der Waals surface area contributed by atoms with Crippen molar-refractivity contribution in [1.82, 2.24) is 4.90 Å². The van der Waals surface area contributed by atoms with E-state index in [0.717, 1.165) is 12.8 Å². The Kier molecular flexibility index (Phi) is 2.38. The molecule has 2 rings (SSSR count). The molecule has 1 heterocycles. The Morgan fingerprint density at radius 3 is 2.36 bits per heavy atom. The van der Waals surface area contributed by atoms with E-state index in [-0.39, 0.29) is 11.5 Å². The Labute approximate surface area is 83.9 Å². The van der Waals surface area contributed by atoms with Gasteiger partial charge in [-0.25, -0.2) is 13.4 Å². The summed E-state index contributed by atoms with van der Waals surface area (Å²) in [5, 5.41) is 0. The van der Waals surface area contributed by atoms with Gasteiger partial charge in [0, 0.05) is 13.1 Å². The third-order valence-electron chi connectivity index (χ3n) is 2.53. The summed E-state index contributed by atoms with van der Waals surface area (Å²) in [5.74, 6) is 0.921. The lowest BCUT2D eigenvalue weighted by molar-refractivity contribution is 0.436. The second-order valence-corrected chi connectivity index (χ2v) is 6.16. The zero-order chi connectivity index (χ0) is 10.2. The molecule has 0 spiro atoms. The first-order valence-electron chi connectivity index (χ1n) is 4.85. The van der Waals surface area contributed by atoms with Crippen molar-refractivity contribution in [3.63, 3.8) is 0 Å². The van der Waals surface area contributed by atoms with Gasteiger partial charge in [0.1, 0.15) is 0 Å². The summed E-state index contributed by atoms with van der Waals surface area (Å²) in [4.78, 5) is 6.15. The Hall–Kier alpha value is -0.780. The summed E-state index contributed by atoms with van der Waals surface area (Å²) in [6.45, 7) is 0.981. The number of guanidine groups is 1. The summed E-state index contributed by atoms with van der Waals surface area (Å²) < 4.78 is 22.3. The molecule has 1 saturated carbocycles. The van der Waals surface area contributed by atoms with Crippen LogP contribution in [0.4, 0.5) is 0 Å². The maximum absolute atomic E-state index is 11.1. The van der Waals surface area contributed by atoms with Crippen LogP contribution in [0.15, 0.2) is 4.99 Å². The van der Waals surface area contributed by atoms with E-state index in [9.17, 15) is 8.42 Å². The monoisotopic (exact) mass is 217 g/mol. The average molecular weight is 217 g/mol. The van der Waals surface area contributed by atoms with Crippen molar-refractivity contribution in [2.75, 3.05) is 24.6 Å². The second kappa shape index (κ2) is 3.42. The van der Waals surface area contributed by atoms with Crippen LogP contribution in [0.2, 0.25) is 0 Å². The van der Waals surface area contributed by atoms with Gasteiger partial charge in [-0.2, -0.15) is 0 Å². The van der Waals surface area contributed by atoms with Crippen molar-refractivity contribution in [3.8, 4) is 0 Å². The Morgan fingerprint density at radius 2 is 1.86 bits per heavy atom. The molecule has 0 bridgehead atoms. The highest BCUT2D eigenvalue weighted by molar-refractivity contribution is 7.91. The largest absolute Gasteiger partial charge is 0.370 e. The van der Waals surface area contributed by atoms with Crippen LogP contribution in [-0.4, -0.2) is 49.9 Å². The SMILES string of the molecule is NC(=NC1CC1)N1CCS(=O)(=O)CC1. The fraction of sp³-hybridized carbons (Fsp3) is 0.875. The molecular weight excluding hydrogens is 202 g/mol. The molecule has 0 aromatic carbocycles. The van der Waals surface area contributed by atoms with E-state index in [1.807, 2.05) is 4.90 Å². The van der Waals surface area contributed by atoms with Gasteiger partial charge in [0.2, 0.25) is 0 Å². The molecule has 6 heteroatoms. The smallest absolute Gasteiger partial charge is 0.191 e. The molecular formula is C8H15N3O2S. The van der Waals surface area contributed by atoms with Crippen molar-refractivity contribution in [2.24, 2.45) is 10.7 Å². The molecule has 5 nitrogen and oxygen atoms in total. The number of hydrogen-bond donors (Lipinski definition) is 1. The van der Waals surface area contributed by atoms with Crippen molar-refractivity contribution in [2.45, 2.75) is 18.9 Å². The van der Waals surface area contributed by atoms with Crippen molar-refractivity contribution >= 4 is 15.8 Å². The minimum atomic E-state index is -2.81. The van der Waals surface area contributed by atoms with Crippen molar-refractivity contribution < 1.29 is 8.42 Å². The van der Waals surface area contributed by atoms with Crippen LogP contribution in [0, 0.1) is 0 Å². The number of aliphatic imine (C=N–C) groups is 1. The minimum absolute atomic E-state index is 0.202. The molecule has 80 valence electrons. The number of hydrogen-bond acceptors (Lipinski definition) is 3. The van der Waals surface area contributed by atoms with E-state index in [1.54, 1.807) is 0 Å². The van der Waals surface area contributed by atoms with Gasteiger partial charge >= 0.3 is 0 Å². The summed E-state index contributed by atoms with van der Waals surface area (Å²) in [6.07, 6.45) is 2.24. The Balaban J connectivity index is 1.94. The number of rotatable bonds is 1. The van der Waals surface area contributed by atoms with Gasteiger partial charge < -0.3 is 10.6 Å². The number of sulfone groups is 1. The predicted octanol–water partition coefficient (Wildman–Crippen LogP) is -0.806. The van der Waals surface area contributed by atoms with Crippen LogP contribution < -0.4 is 5.73 Å². The second-order valence-electron chi connectivity index (χ2n) is 3.86.